The van der Waals surface area contributed by atoms with Crippen molar-refractivity contribution in [1.82, 2.24) is 20.2 Å². The number of aromatic nitrogens is 3. The zero-order valence-electron chi connectivity index (χ0n) is 15.6. The van der Waals surface area contributed by atoms with Crippen LogP contribution >= 0.6 is 0 Å². The molecule has 136 valence electrons. The highest BCUT2D eigenvalue weighted by molar-refractivity contribution is 5.79. The lowest BCUT2D eigenvalue weighted by atomic mass is 9.98. The zero-order chi connectivity index (χ0) is 18.1. The molecule has 2 atom stereocenters. The summed E-state index contributed by atoms with van der Waals surface area (Å²) in [6.45, 7) is 10.5. The first kappa shape index (κ1) is 17.6. The summed E-state index contributed by atoms with van der Waals surface area (Å²) >= 11 is 0. The van der Waals surface area contributed by atoms with Crippen molar-refractivity contribution in [1.29, 1.82) is 0 Å². The molecule has 2 aromatic heterocycles. The summed E-state index contributed by atoms with van der Waals surface area (Å²) in [7, 11) is 0. The largest absolute Gasteiger partial charge is 0.361 e. The Hall–Kier alpha value is -2.18. The molecule has 1 amide bonds. The standard InChI is InChI=1S/C18H26N4O3/c1-10(2)17-19-16(21-25-17)15-7-6-8-22(15)18(23)11(3)9-14-12(4)20-24-13(14)5/h10-11,15H,6-9H2,1-5H3/t11-,15+/m1/s1. The molecular weight excluding hydrogens is 320 g/mol. The van der Waals surface area contributed by atoms with Crippen LogP contribution in [0.3, 0.4) is 0 Å². The average molecular weight is 346 g/mol. The molecule has 0 aromatic carbocycles. The fraction of sp³-hybridized carbons (Fsp3) is 0.667. The number of hydrogen-bond donors (Lipinski definition) is 0. The van der Waals surface area contributed by atoms with Crippen LogP contribution in [-0.4, -0.2) is 32.6 Å². The average Bonchev–Trinajstić information content (AvgIpc) is 3.29. The van der Waals surface area contributed by atoms with Crippen molar-refractivity contribution in [3.63, 3.8) is 0 Å². The van der Waals surface area contributed by atoms with Gasteiger partial charge in [-0.3, -0.25) is 4.79 Å². The van der Waals surface area contributed by atoms with E-state index in [2.05, 4.69) is 15.3 Å². The van der Waals surface area contributed by atoms with E-state index in [4.69, 9.17) is 9.05 Å². The van der Waals surface area contributed by atoms with Crippen LogP contribution in [0.4, 0.5) is 0 Å². The Morgan fingerprint density at radius 2 is 2.00 bits per heavy atom. The van der Waals surface area contributed by atoms with Crippen molar-refractivity contribution < 1.29 is 13.8 Å². The lowest BCUT2D eigenvalue weighted by Gasteiger charge is -2.25. The lowest BCUT2D eigenvalue weighted by molar-refractivity contribution is -0.136. The quantitative estimate of drug-likeness (QED) is 0.825. The number of amides is 1. The topological polar surface area (TPSA) is 85.3 Å². The van der Waals surface area contributed by atoms with E-state index in [1.165, 1.54) is 0 Å². The van der Waals surface area contributed by atoms with E-state index in [9.17, 15) is 4.79 Å². The Bertz CT molecular complexity index is 730. The Labute approximate surface area is 147 Å². The van der Waals surface area contributed by atoms with Crippen molar-refractivity contribution in [2.45, 2.75) is 65.8 Å². The Balaban J connectivity index is 1.73. The van der Waals surface area contributed by atoms with Crippen molar-refractivity contribution in [2.24, 2.45) is 5.92 Å². The number of likely N-dealkylation sites (tertiary alicyclic amines) is 1. The molecule has 0 saturated carbocycles. The SMILES string of the molecule is Cc1noc(C)c1C[C@@H](C)C(=O)N1CCC[C@H]1c1noc(C(C)C)n1. The van der Waals surface area contributed by atoms with Gasteiger partial charge < -0.3 is 13.9 Å². The van der Waals surface area contributed by atoms with Gasteiger partial charge >= 0.3 is 0 Å². The highest BCUT2D eigenvalue weighted by Crippen LogP contribution is 2.32. The third-order valence-electron chi connectivity index (χ3n) is 4.90. The molecule has 0 radical (unpaired) electrons. The molecule has 1 aliphatic heterocycles. The van der Waals surface area contributed by atoms with Gasteiger partial charge in [0.25, 0.3) is 0 Å². The van der Waals surface area contributed by atoms with E-state index in [0.717, 1.165) is 36.4 Å². The molecule has 1 fully saturated rings. The van der Waals surface area contributed by atoms with Crippen LogP contribution in [0.15, 0.2) is 9.05 Å². The van der Waals surface area contributed by atoms with E-state index in [1.807, 2.05) is 39.5 Å². The molecular formula is C18H26N4O3. The van der Waals surface area contributed by atoms with Gasteiger partial charge in [-0.1, -0.05) is 31.1 Å². The maximum Gasteiger partial charge on any atom is 0.229 e. The van der Waals surface area contributed by atoms with E-state index in [-0.39, 0.29) is 23.8 Å². The second kappa shape index (κ2) is 6.98. The molecule has 0 bridgehead atoms. The minimum atomic E-state index is -0.145. The van der Waals surface area contributed by atoms with Crippen molar-refractivity contribution >= 4 is 5.91 Å². The summed E-state index contributed by atoms with van der Waals surface area (Å²) in [6, 6.07) is -0.0872. The molecule has 25 heavy (non-hydrogen) atoms. The minimum Gasteiger partial charge on any atom is -0.361 e. The van der Waals surface area contributed by atoms with Crippen molar-refractivity contribution in [3.05, 3.63) is 28.7 Å². The molecule has 7 heteroatoms. The van der Waals surface area contributed by atoms with Crippen molar-refractivity contribution in [3.8, 4) is 0 Å². The first-order chi connectivity index (χ1) is 11.9. The summed E-state index contributed by atoms with van der Waals surface area (Å²) in [5.74, 6) is 2.20. The second-order valence-corrected chi connectivity index (χ2v) is 7.24. The number of nitrogens with zero attached hydrogens (tertiary/aromatic N) is 4. The van der Waals surface area contributed by atoms with Crippen LogP contribution in [0.2, 0.25) is 0 Å². The molecule has 3 rings (SSSR count). The summed E-state index contributed by atoms with van der Waals surface area (Å²) in [6.07, 6.45) is 2.47. The maximum atomic E-state index is 13.0. The Kier molecular flexibility index (Phi) is 4.92. The van der Waals surface area contributed by atoms with Crippen LogP contribution in [0.1, 0.15) is 74.3 Å². The fourth-order valence-corrected chi connectivity index (χ4v) is 3.39. The van der Waals surface area contributed by atoms with Gasteiger partial charge in [0.1, 0.15) is 5.76 Å². The van der Waals surface area contributed by atoms with Crippen LogP contribution < -0.4 is 0 Å². The third-order valence-corrected chi connectivity index (χ3v) is 4.90. The van der Waals surface area contributed by atoms with Crippen LogP contribution in [0.5, 0.6) is 0 Å². The summed E-state index contributed by atoms with van der Waals surface area (Å²) in [5.41, 5.74) is 1.88. The second-order valence-electron chi connectivity index (χ2n) is 7.24. The fourth-order valence-electron chi connectivity index (χ4n) is 3.39. The van der Waals surface area contributed by atoms with Crippen LogP contribution in [0.25, 0.3) is 0 Å². The number of rotatable bonds is 5. The molecule has 0 spiro atoms. The normalized spacial score (nSPS) is 19.0. The van der Waals surface area contributed by atoms with E-state index in [1.54, 1.807) is 0 Å². The van der Waals surface area contributed by atoms with Crippen LogP contribution in [-0.2, 0) is 11.2 Å². The van der Waals surface area contributed by atoms with Gasteiger partial charge in [0.2, 0.25) is 11.8 Å². The molecule has 0 N–H and O–H groups in total. The minimum absolute atomic E-state index is 0.0872. The number of hydrogen-bond acceptors (Lipinski definition) is 6. The predicted molar refractivity (Wildman–Crippen MR) is 90.9 cm³/mol. The van der Waals surface area contributed by atoms with E-state index < -0.39 is 0 Å². The van der Waals surface area contributed by atoms with Gasteiger partial charge in [0.15, 0.2) is 5.82 Å². The van der Waals surface area contributed by atoms with Gasteiger partial charge in [0, 0.05) is 23.9 Å². The summed E-state index contributed by atoms with van der Waals surface area (Å²) in [4.78, 5) is 19.4. The maximum absolute atomic E-state index is 13.0. The van der Waals surface area contributed by atoms with Gasteiger partial charge in [-0.2, -0.15) is 4.98 Å². The summed E-state index contributed by atoms with van der Waals surface area (Å²) < 4.78 is 10.5. The van der Waals surface area contributed by atoms with Gasteiger partial charge in [0.05, 0.1) is 11.7 Å². The lowest BCUT2D eigenvalue weighted by Crippen LogP contribution is -2.36. The molecule has 1 aliphatic rings. The summed E-state index contributed by atoms with van der Waals surface area (Å²) in [5, 5.41) is 8.09. The van der Waals surface area contributed by atoms with Gasteiger partial charge in [-0.15, -0.1) is 0 Å². The Morgan fingerprint density at radius 3 is 2.60 bits per heavy atom. The van der Waals surface area contributed by atoms with Crippen molar-refractivity contribution in [2.75, 3.05) is 6.54 Å². The monoisotopic (exact) mass is 346 g/mol. The van der Waals surface area contributed by atoms with Crippen LogP contribution in [0, 0.1) is 19.8 Å². The molecule has 0 unspecified atom stereocenters. The third kappa shape index (κ3) is 3.45. The van der Waals surface area contributed by atoms with E-state index in [0.29, 0.717) is 18.1 Å². The molecule has 3 heterocycles. The number of carbonyl (C=O) groups is 1. The number of aryl methyl sites for hydroxylation is 2. The highest BCUT2D eigenvalue weighted by atomic mass is 16.5. The first-order valence-corrected chi connectivity index (χ1v) is 8.94. The molecule has 2 aromatic rings. The van der Waals surface area contributed by atoms with Gasteiger partial charge in [-0.25, -0.2) is 0 Å². The van der Waals surface area contributed by atoms with Gasteiger partial charge in [-0.05, 0) is 33.1 Å². The van der Waals surface area contributed by atoms with E-state index >= 15 is 0 Å². The molecule has 0 aliphatic carbocycles. The zero-order valence-corrected chi connectivity index (χ0v) is 15.6. The predicted octanol–water partition coefficient (Wildman–Crippen LogP) is 3.34. The first-order valence-electron chi connectivity index (χ1n) is 8.94. The highest BCUT2D eigenvalue weighted by Gasteiger charge is 2.35. The number of carbonyl (C=O) groups excluding carboxylic acids is 1. The molecule has 7 nitrogen and oxygen atoms in total. The molecule has 1 saturated heterocycles. The Morgan fingerprint density at radius 1 is 1.24 bits per heavy atom. The smallest absolute Gasteiger partial charge is 0.229 e.